The average molecular weight is 240 g/mol. The van der Waals surface area contributed by atoms with Crippen LogP contribution in [0, 0.1) is 5.92 Å². The Morgan fingerprint density at radius 2 is 2.06 bits per heavy atom. The summed E-state index contributed by atoms with van der Waals surface area (Å²) in [4.78, 5) is 15.1. The molecule has 1 aliphatic heterocycles. The number of H-pyrrole nitrogens is 1. The van der Waals surface area contributed by atoms with E-state index in [1.165, 1.54) is 22.2 Å². The fourth-order valence-corrected chi connectivity index (χ4v) is 3.52. The minimum atomic E-state index is 0.222. The van der Waals surface area contributed by atoms with Crippen molar-refractivity contribution >= 4 is 16.8 Å². The van der Waals surface area contributed by atoms with Crippen molar-refractivity contribution in [2.45, 2.75) is 31.7 Å². The fourth-order valence-electron chi connectivity index (χ4n) is 3.52. The molecule has 92 valence electrons. The average Bonchev–Trinajstić information content (AvgIpc) is 2.74. The van der Waals surface area contributed by atoms with Gasteiger partial charge in [0.1, 0.15) is 0 Å². The van der Waals surface area contributed by atoms with E-state index in [9.17, 15) is 4.79 Å². The third kappa shape index (κ3) is 1.40. The Morgan fingerprint density at radius 1 is 1.17 bits per heavy atom. The predicted molar refractivity (Wildman–Crippen MR) is 70.4 cm³/mol. The van der Waals surface area contributed by atoms with Gasteiger partial charge in [-0.3, -0.25) is 4.79 Å². The normalized spacial score (nSPS) is 26.6. The summed E-state index contributed by atoms with van der Waals surface area (Å²) in [5.74, 6) is 0.836. The predicted octanol–water partition coefficient (Wildman–Crippen LogP) is 2.16. The summed E-state index contributed by atoms with van der Waals surface area (Å²) >= 11 is 0. The Balaban J connectivity index is 1.80. The van der Waals surface area contributed by atoms with Crippen LogP contribution in [0.1, 0.15) is 24.1 Å². The fraction of sp³-hybridized carbons (Fsp3) is 0.400. The van der Waals surface area contributed by atoms with E-state index in [0.29, 0.717) is 18.4 Å². The first kappa shape index (κ1) is 10.2. The molecule has 2 atom stereocenters. The Labute approximate surface area is 106 Å². The molecule has 3 heteroatoms. The lowest BCUT2D eigenvalue weighted by molar-refractivity contribution is -0.124. The molecule has 1 amide bonds. The molecule has 3 nitrogen and oxygen atoms in total. The second-order valence-electron chi connectivity index (χ2n) is 5.51. The van der Waals surface area contributed by atoms with Crippen LogP contribution >= 0.6 is 0 Å². The van der Waals surface area contributed by atoms with Crippen LogP contribution in [0.4, 0.5) is 0 Å². The number of aromatic amines is 1. The SMILES string of the molecule is O=C1CC[C@@H]2Cc3[nH]c4ccccc4c3C[C@H]2N1. The number of hydrogen-bond donors (Lipinski definition) is 2. The number of hydrogen-bond acceptors (Lipinski definition) is 1. The molecule has 4 rings (SSSR count). The van der Waals surface area contributed by atoms with Crippen LogP contribution in [0.3, 0.4) is 0 Å². The molecule has 1 fully saturated rings. The maximum atomic E-state index is 11.5. The van der Waals surface area contributed by atoms with E-state index in [-0.39, 0.29) is 5.91 Å². The van der Waals surface area contributed by atoms with Crippen molar-refractivity contribution in [3.63, 3.8) is 0 Å². The monoisotopic (exact) mass is 240 g/mol. The molecule has 2 N–H and O–H groups in total. The van der Waals surface area contributed by atoms with Crippen LogP contribution < -0.4 is 5.32 Å². The Kier molecular flexibility index (Phi) is 2.04. The van der Waals surface area contributed by atoms with E-state index >= 15 is 0 Å². The second kappa shape index (κ2) is 3.61. The van der Waals surface area contributed by atoms with Crippen molar-refractivity contribution in [2.75, 3.05) is 0 Å². The largest absolute Gasteiger partial charge is 0.358 e. The number of para-hydroxylation sites is 1. The first-order valence-corrected chi connectivity index (χ1v) is 6.69. The number of piperidine rings is 1. The summed E-state index contributed by atoms with van der Waals surface area (Å²) in [5, 5.41) is 4.49. The van der Waals surface area contributed by atoms with Gasteiger partial charge in [-0.05, 0) is 36.8 Å². The highest BCUT2D eigenvalue weighted by Crippen LogP contribution is 2.34. The van der Waals surface area contributed by atoms with Crippen LogP contribution in [0.2, 0.25) is 0 Å². The van der Waals surface area contributed by atoms with E-state index in [0.717, 1.165) is 19.3 Å². The molecule has 2 heterocycles. The summed E-state index contributed by atoms with van der Waals surface area (Å²) in [7, 11) is 0. The molecule has 0 radical (unpaired) electrons. The summed E-state index contributed by atoms with van der Waals surface area (Å²) in [5.41, 5.74) is 4.02. The van der Waals surface area contributed by atoms with Crippen LogP contribution in [-0.4, -0.2) is 16.9 Å². The number of carbonyl (C=O) groups is 1. The number of amides is 1. The van der Waals surface area contributed by atoms with Gasteiger partial charge < -0.3 is 10.3 Å². The first-order valence-electron chi connectivity index (χ1n) is 6.69. The molecule has 2 aliphatic rings. The van der Waals surface area contributed by atoms with Gasteiger partial charge in [-0.25, -0.2) is 0 Å². The van der Waals surface area contributed by atoms with Gasteiger partial charge in [-0.2, -0.15) is 0 Å². The first-order chi connectivity index (χ1) is 8.81. The standard InChI is InChI=1S/C15H16N2O/c18-15-6-5-9-7-14-11(8-13(9)17-15)10-3-1-2-4-12(10)16-14/h1-4,9,13,16H,5-8H2,(H,17,18)/t9-,13-/m1/s1. The zero-order chi connectivity index (χ0) is 12.1. The highest BCUT2D eigenvalue weighted by Gasteiger charge is 2.34. The minimum absolute atomic E-state index is 0.222. The van der Waals surface area contributed by atoms with Gasteiger partial charge in [-0.1, -0.05) is 18.2 Å². The maximum Gasteiger partial charge on any atom is 0.220 e. The molecule has 0 bridgehead atoms. The molecular formula is C15H16N2O. The number of nitrogens with one attached hydrogen (secondary N) is 2. The lowest BCUT2D eigenvalue weighted by atomic mass is 9.78. The molecular weight excluding hydrogens is 224 g/mol. The maximum absolute atomic E-state index is 11.5. The molecule has 2 aromatic rings. The van der Waals surface area contributed by atoms with E-state index < -0.39 is 0 Å². The van der Waals surface area contributed by atoms with Crippen molar-refractivity contribution < 1.29 is 4.79 Å². The molecule has 1 saturated heterocycles. The number of aromatic nitrogens is 1. The number of benzene rings is 1. The molecule has 1 aromatic heterocycles. The van der Waals surface area contributed by atoms with Crippen LogP contribution in [0.5, 0.6) is 0 Å². The van der Waals surface area contributed by atoms with E-state index in [1.54, 1.807) is 0 Å². The molecule has 0 unspecified atom stereocenters. The third-order valence-electron chi connectivity index (χ3n) is 4.45. The van der Waals surface area contributed by atoms with Crippen molar-refractivity contribution in [3.8, 4) is 0 Å². The lowest BCUT2D eigenvalue weighted by Crippen LogP contribution is -2.48. The smallest absolute Gasteiger partial charge is 0.220 e. The Morgan fingerprint density at radius 3 is 3.00 bits per heavy atom. The number of fused-ring (bicyclic) bond motifs is 4. The summed E-state index contributed by atoms with van der Waals surface area (Å²) in [6.45, 7) is 0. The topological polar surface area (TPSA) is 44.9 Å². The van der Waals surface area contributed by atoms with Crippen molar-refractivity contribution in [1.29, 1.82) is 0 Å². The third-order valence-corrected chi connectivity index (χ3v) is 4.45. The lowest BCUT2D eigenvalue weighted by Gasteiger charge is -2.35. The Hall–Kier alpha value is -1.77. The van der Waals surface area contributed by atoms with Crippen molar-refractivity contribution in [1.82, 2.24) is 10.3 Å². The van der Waals surface area contributed by atoms with Gasteiger partial charge in [0.15, 0.2) is 0 Å². The molecule has 1 aromatic carbocycles. The van der Waals surface area contributed by atoms with E-state index in [2.05, 4.69) is 34.6 Å². The molecule has 18 heavy (non-hydrogen) atoms. The van der Waals surface area contributed by atoms with Crippen molar-refractivity contribution in [3.05, 3.63) is 35.5 Å². The number of rotatable bonds is 0. The van der Waals surface area contributed by atoms with Gasteiger partial charge in [0.25, 0.3) is 0 Å². The highest BCUT2D eigenvalue weighted by atomic mass is 16.1. The summed E-state index contributed by atoms with van der Waals surface area (Å²) < 4.78 is 0. The van der Waals surface area contributed by atoms with Gasteiger partial charge in [0.05, 0.1) is 0 Å². The highest BCUT2D eigenvalue weighted by molar-refractivity contribution is 5.85. The minimum Gasteiger partial charge on any atom is -0.358 e. The quantitative estimate of drug-likeness (QED) is 0.728. The zero-order valence-corrected chi connectivity index (χ0v) is 10.2. The van der Waals surface area contributed by atoms with Gasteiger partial charge in [0, 0.05) is 29.1 Å². The number of carbonyl (C=O) groups excluding carboxylic acids is 1. The van der Waals surface area contributed by atoms with Crippen LogP contribution in [-0.2, 0) is 17.6 Å². The van der Waals surface area contributed by atoms with Crippen LogP contribution in [0.15, 0.2) is 24.3 Å². The molecule has 0 spiro atoms. The van der Waals surface area contributed by atoms with Gasteiger partial charge >= 0.3 is 0 Å². The van der Waals surface area contributed by atoms with Crippen molar-refractivity contribution in [2.24, 2.45) is 5.92 Å². The molecule has 0 saturated carbocycles. The summed E-state index contributed by atoms with van der Waals surface area (Å²) in [6.07, 6.45) is 3.78. The van der Waals surface area contributed by atoms with E-state index in [4.69, 9.17) is 0 Å². The van der Waals surface area contributed by atoms with Gasteiger partial charge in [0.2, 0.25) is 5.91 Å². The molecule has 1 aliphatic carbocycles. The van der Waals surface area contributed by atoms with Gasteiger partial charge in [-0.15, -0.1) is 0 Å². The Bertz CT molecular complexity index is 628. The summed E-state index contributed by atoms with van der Waals surface area (Å²) in [6, 6.07) is 8.81. The van der Waals surface area contributed by atoms with Crippen LogP contribution in [0.25, 0.3) is 10.9 Å². The van der Waals surface area contributed by atoms with E-state index in [1.807, 2.05) is 0 Å². The second-order valence-corrected chi connectivity index (χ2v) is 5.51. The zero-order valence-electron chi connectivity index (χ0n) is 10.2.